The Labute approximate surface area is 114 Å². The van der Waals surface area contributed by atoms with E-state index in [2.05, 4.69) is 28.2 Å². The normalized spacial score (nSPS) is 28.4. The zero-order valence-electron chi connectivity index (χ0n) is 9.67. The average molecular weight is 319 g/mol. The summed E-state index contributed by atoms with van der Waals surface area (Å²) in [4.78, 5) is 0. The summed E-state index contributed by atoms with van der Waals surface area (Å²) in [6.45, 7) is 2.81. The van der Waals surface area contributed by atoms with Gasteiger partial charge in [0, 0.05) is 23.2 Å². The van der Waals surface area contributed by atoms with Crippen molar-refractivity contribution in [3.63, 3.8) is 0 Å². The molecular weight excluding hydrogens is 303 g/mol. The van der Waals surface area contributed by atoms with Gasteiger partial charge < -0.3 is 11.1 Å². The number of nitrogens with two attached hydrogens (primary N) is 1. The molecule has 1 aliphatic heterocycles. The van der Waals surface area contributed by atoms with Gasteiger partial charge >= 0.3 is 0 Å². The molecule has 1 aromatic carbocycles. The van der Waals surface area contributed by atoms with E-state index in [0.29, 0.717) is 16.3 Å². The number of benzene rings is 1. The minimum atomic E-state index is -0.244. The predicted octanol–water partition coefficient (Wildman–Crippen LogP) is 3.22. The highest BCUT2D eigenvalue weighted by atomic mass is 79.9. The van der Waals surface area contributed by atoms with Crippen LogP contribution < -0.4 is 11.1 Å². The topological polar surface area (TPSA) is 38.0 Å². The lowest BCUT2D eigenvalue weighted by Gasteiger charge is -2.29. The Morgan fingerprint density at radius 1 is 1.65 bits per heavy atom. The zero-order chi connectivity index (χ0) is 12.5. The summed E-state index contributed by atoms with van der Waals surface area (Å²) in [7, 11) is 0. The molecule has 17 heavy (non-hydrogen) atoms. The molecule has 1 heterocycles. The van der Waals surface area contributed by atoms with Crippen LogP contribution in [0.5, 0.6) is 0 Å². The van der Waals surface area contributed by atoms with Gasteiger partial charge in [0.15, 0.2) is 0 Å². The third-order valence-corrected chi connectivity index (χ3v) is 5.10. The number of anilines is 1. The number of hydrogen-bond donors (Lipinski definition) is 2. The maximum Gasteiger partial charge on any atom is 0.137 e. The van der Waals surface area contributed by atoms with Crippen molar-refractivity contribution in [3.8, 4) is 0 Å². The van der Waals surface area contributed by atoms with Crippen LogP contribution >= 0.6 is 27.7 Å². The van der Waals surface area contributed by atoms with Gasteiger partial charge in [-0.1, -0.05) is 6.92 Å². The van der Waals surface area contributed by atoms with Gasteiger partial charge in [-0.3, -0.25) is 0 Å². The van der Waals surface area contributed by atoms with Crippen molar-refractivity contribution in [2.75, 3.05) is 17.6 Å². The molecule has 0 radical (unpaired) electrons. The summed E-state index contributed by atoms with van der Waals surface area (Å²) < 4.78 is 13.6. The molecule has 3 N–H and O–H groups in total. The highest BCUT2D eigenvalue weighted by Crippen LogP contribution is 2.36. The van der Waals surface area contributed by atoms with Crippen LogP contribution in [0.25, 0.3) is 0 Å². The highest BCUT2D eigenvalue weighted by Gasteiger charge is 2.36. The number of rotatable bonds is 3. The first-order valence-corrected chi connectivity index (χ1v) is 7.44. The molecule has 0 saturated carbocycles. The second-order valence-corrected chi connectivity index (χ2v) is 6.85. The fourth-order valence-corrected chi connectivity index (χ4v) is 3.86. The lowest BCUT2D eigenvalue weighted by atomic mass is 9.96. The molecule has 94 valence electrons. The Balaban J connectivity index is 2.16. The highest BCUT2D eigenvalue weighted by molar-refractivity contribution is 9.10. The Morgan fingerprint density at radius 2 is 2.41 bits per heavy atom. The van der Waals surface area contributed by atoms with E-state index >= 15 is 0 Å². The first-order chi connectivity index (χ1) is 8.04. The minimum Gasteiger partial charge on any atom is -0.377 e. The summed E-state index contributed by atoms with van der Waals surface area (Å²) in [6.07, 6.45) is 1.04. The molecule has 1 saturated heterocycles. The molecule has 0 aliphatic carbocycles. The van der Waals surface area contributed by atoms with Gasteiger partial charge in [-0.05, 0) is 40.5 Å². The van der Waals surface area contributed by atoms with E-state index < -0.39 is 0 Å². The molecule has 2 unspecified atom stereocenters. The molecule has 2 nitrogen and oxygen atoms in total. The summed E-state index contributed by atoms with van der Waals surface area (Å²) in [5.74, 6) is 0.756. The van der Waals surface area contributed by atoms with Crippen LogP contribution in [-0.2, 0) is 0 Å². The Bertz CT molecular complexity index is 415. The maximum atomic E-state index is 13.1. The van der Waals surface area contributed by atoms with Crippen LogP contribution in [-0.4, -0.2) is 23.1 Å². The van der Waals surface area contributed by atoms with E-state index in [9.17, 15) is 4.39 Å². The maximum absolute atomic E-state index is 13.1. The van der Waals surface area contributed by atoms with Crippen molar-refractivity contribution in [2.45, 2.75) is 24.1 Å². The van der Waals surface area contributed by atoms with Crippen molar-refractivity contribution in [1.29, 1.82) is 0 Å². The Morgan fingerprint density at radius 3 is 2.94 bits per heavy atom. The quantitative estimate of drug-likeness (QED) is 0.898. The van der Waals surface area contributed by atoms with Gasteiger partial charge in [-0.25, -0.2) is 4.39 Å². The van der Waals surface area contributed by atoms with E-state index in [1.807, 2.05) is 11.8 Å². The second kappa shape index (κ2) is 5.16. The van der Waals surface area contributed by atoms with Crippen molar-refractivity contribution in [1.82, 2.24) is 0 Å². The number of nitrogens with one attached hydrogen (secondary N) is 1. The lowest BCUT2D eigenvalue weighted by Crippen LogP contribution is -2.45. The summed E-state index contributed by atoms with van der Waals surface area (Å²) in [5, 5.41) is 4.08. The predicted molar refractivity (Wildman–Crippen MR) is 76.0 cm³/mol. The SMILES string of the molecule is CC1CC(CN)(Nc2ccc(F)c(Br)c2)CS1. The first kappa shape index (κ1) is 13.2. The van der Waals surface area contributed by atoms with E-state index in [1.54, 1.807) is 12.1 Å². The first-order valence-electron chi connectivity index (χ1n) is 5.59. The van der Waals surface area contributed by atoms with Gasteiger partial charge in [0.25, 0.3) is 0 Å². The van der Waals surface area contributed by atoms with E-state index in [-0.39, 0.29) is 11.4 Å². The van der Waals surface area contributed by atoms with Crippen molar-refractivity contribution < 1.29 is 4.39 Å². The number of hydrogen-bond acceptors (Lipinski definition) is 3. The zero-order valence-corrected chi connectivity index (χ0v) is 12.1. The van der Waals surface area contributed by atoms with Gasteiger partial charge in [-0.2, -0.15) is 11.8 Å². The second-order valence-electron chi connectivity index (χ2n) is 4.56. The van der Waals surface area contributed by atoms with Crippen LogP contribution in [0.4, 0.5) is 10.1 Å². The monoisotopic (exact) mass is 318 g/mol. The molecule has 0 aromatic heterocycles. The minimum absolute atomic E-state index is 0.0542. The molecular formula is C12H16BrFN2S. The average Bonchev–Trinajstić information content (AvgIpc) is 2.66. The Kier molecular flexibility index (Phi) is 4.00. The standard InChI is InChI=1S/C12H16BrFN2S/c1-8-5-12(6-15,7-17-8)16-9-2-3-11(14)10(13)4-9/h2-4,8,16H,5-7,15H2,1H3. The number of halogens is 2. The van der Waals surface area contributed by atoms with Crippen molar-refractivity contribution >= 4 is 33.4 Å². The van der Waals surface area contributed by atoms with Gasteiger partial charge in [0.2, 0.25) is 0 Å². The molecule has 0 spiro atoms. The summed E-state index contributed by atoms with van der Waals surface area (Å²) >= 11 is 5.12. The largest absolute Gasteiger partial charge is 0.377 e. The fraction of sp³-hybridized carbons (Fsp3) is 0.500. The third kappa shape index (κ3) is 2.95. The smallest absolute Gasteiger partial charge is 0.137 e. The number of thioether (sulfide) groups is 1. The molecule has 1 aliphatic rings. The lowest BCUT2D eigenvalue weighted by molar-refractivity contribution is 0.513. The van der Waals surface area contributed by atoms with E-state index in [1.165, 1.54) is 6.07 Å². The van der Waals surface area contributed by atoms with E-state index in [0.717, 1.165) is 17.9 Å². The summed E-state index contributed by atoms with van der Waals surface area (Å²) in [6, 6.07) is 4.98. The molecule has 0 bridgehead atoms. The molecule has 1 fully saturated rings. The van der Waals surface area contributed by atoms with Crippen molar-refractivity contribution in [2.24, 2.45) is 5.73 Å². The Hall–Kier alpha value is -0.260. The van der Waals surface area contributed by atoms with Gasteiger partial charge in [0.1, 0.15) is 5.82 Å². The molecule has 2 rings (SSSR count). The van der Waals surface area contributed by atoms with Crippen LogP contribution in [0.2, 0.25) is 0 Å². The van der Waals surface area contributed by atoms with Crippen molar-refractivity contribution in [3.05, 3.63) is 28.5 Å². The van der Waals surface area contributed by atoms with Crippen LogP contribution in [0, 0.1) is 5.82 Å². The molecule has 5 heteroatoms. The molecule has 2 atom stereocenters. The van der Waals surface area contributed by atoms with Crippen LogP contribution in [0.1, 0.15) is 13.3 Å². The molecule has 1 aromatic rings. The fourth-order valence-electron chi connectivity index (χ4n) is 2.13. The third-order valence-electron chi connectivity index (χ3n) is 3.04. The van der Waals surface area contributed by atoms with Gasteiger partial charge in [-0.15, -0.1) is 0 Å². The van der Waals surface area contributed by atoms with Crippen LogP contribution in [0.3, 0.4) is 0 Å². The molecule has 0 amide bonds. The summed E-state index contributed by atoms with van der Waals surface area (Å²) in [5.41, 5.74) is 6.75. The van der Waals surface area contributed by atoms with Crippen LogP contribution in [0.15, 0.2) is 22.7 Å². The van der Waals surface area contributed by atoms with E-state index in [4.69, 9.17) is 5.73 Å². The van der Waals surface area contributed by atoms with Gasteiger partial charge in [0.05, 0.1) is 10.0 Å².